The zero-order chi connectivity index (χ0) is 13.1. The van der Waals surface area contributed by atoms with Gasteiger partial charge in [-0.15, -0.1) is 12.6 Å². The molecule has 94 valence electrons. The first-order valence-corrected chi connectivity index (χ1v) is 5.99. The van der Waals surface area contributed by atoms with Gasteiger partial charge in [-0.25, -0.2) is 0 Å². The summed E-state index contributed by atoms with van der Waals surface area (Å²) in [5, 5.41) is 11.9. The van der Waals surface area contributed by atoms with Gasteiger partial charge in [0.2, 0.25) is 0 Å². The molecule has 1 aromatic rings. The van der Waals surface area contributed by atoms with Gasteiger partial charge in [0.15, 0.2) is 0 Å². The van der Waals surface area contributed by atoms with Crippen LogP contribution in [-0.4, -0.2) is 24.2 Å². The van der Waals surface area contributed by atoms with Crippen molar-refractivity contribution in [2.75, 3.05) is 13.2 Å². The number of aryl methyl sites for hydroxylation is 1. The first-order valence-electron chi connectivity index (χ1n) is 5.54. The van der Waals surface area contributed by atoms with E-state index >= 15 is 0 Å². The van der Waals surface area contributed by atoms with Gasteiger partial charge >= 0.3 is 0 Å². The fraction of sp³-hybridized carbons (Fsp3) is 0.462. The largest absolute Gasteiger partial charge is 0.396 e. The van der Waals surface area contributed by atoms with E-state index in [4.69, 9.17) is 5.11 Å². The molecule has 0 saturated heterocycles. The number of aliphatic hydroxyl groups excluding tert-OH is 1. The molecule has 0 aliphatic rings. The molecular weight excluding hydrogens is 234 g/mol. The highest BCUT2D eigenvalue weighted by Gasteiger charge is 2.18. The number of nitrogens with one attached hydrogen (secondary N) is 1. The molecule has 0 saturated carbocycles. The summed E-state index contributed by atoms with van der Waals surface area (Å²) in [4.78, 5) is 12.7. The summed E-state index contributed by atoms with van der Waals surface area (Å²) >= 11 is 4.22. The first-order chi connectivity index (χ1) is 7.85. The van der Waals surface area contributed by atoms with E-state index < -0.39 is 0 Å². The summed E-state index contributed by atoms with van der Waals surface area (Å²) in [5.74, 6) is -0.125. The number of amides is 1. The second kappa shape index (κ2) is 5.56. The Labute approximate surface area is 108 Å². The minimum atomic E-state index is -0.303. The molecule has 0 radical (unpaired) electrons. The number of rotatable bonds is 4. The van der Waals surface area contributed by atoms with Crippen molar-refractivity contribution < 1.29 is 9.90 Å². The normalized spacial score (nSPS) is 11.4. The lowest BCUT2D eigenvalue weighted by Crippen LogP contribution is -2.36. The third-order valence-corrected chi connectivity index (χ3v) is 2.90. The van der Waals surface area contributed by atoms with E-state index in [9.17, 15) is 4.79 Å². The van der Waals surface area contributed by atoms with Gasteiger partial charge in [-0.1, -0.05) is 19.9 Å². The SMILES string of the molecule is Cc1ccc(S)cc1C(=O)NCC(C)(C)CO. The Morgan fingerprint density at radius 1 is 1.47 bits per heavy atom. The van der Waals surface area contributed by atoms with Gasteiger partial charge in [0, 0.05) is 29.0 Å². The van der Waals surface area contributed by atoms with Crippen molar-refractivity contribution >= 4 is 18.5 Å². The number of hydrogen-bond acceptors (Lipinski definition) is 3. The van der Waals surface area contributed by atoms with E-state index in [1.165, 1.54) is 0 Å². The molecular formula is C13H19NO2S. The molecule has 1 aromatic carbocycles. The van der Waals surface area contributed by atoms with Gasteiger partial charge in [0.1, 0.15) is 0 Å². The molecule has 0 fully saturated rings. The van der Waals surface area contributed by atoms with Crippen molar-refractivity contribution in [1.29, 1.82) is 0 Å². The van der Waals surface area contributed by atoms with Gasteiger partial charge in [0.25, 0.3) is 5.91 Å². The van der Waals surface area contributed by atoms with Crippen LogP contribution in [0.25, 0.3) is 0 Å². The smallest absolute Gasteiger partial charge is 0.251 e. The minimum Gasteiger partial charge on any atom is -0.396 e. The number of carbonyl (C=O) groups is 1. The standard InChI is InChI=1S/C13H19NO2S/c1-9-4-5-10(17)6-11(9)12(16)14-7-13(2,3)8-15/h4-6,15,17H,7-8H2,1-3H3,(H,14,16). The molecule has 0 spiro atoms. The maximum absolute atomic E-state index is 12.0. The first kappa shape index (κ1) is 14.1. The Morgan fingerprint density at radius 2 is 2.12 bits per heavy atom. The molecule has 0 atom stereocenters. The van der Waals surface area contributed by atoms with E-state index in [0.717, 1.165) is 10.5 Å². The topological polar surface area (TPSA) is 49.3 Å². The minimum absolute atomic E-state index is 0.0405. The predicted molar refractivity (Wildman–Crippen MR) is 71.6 cm³/mol. The summed E-state index contributed by atoms with van der Waals surface area (Å²) in [6.07, 6.45) is 0. The van der Waals surface area contributed by atoms with Crippen LogP contribution in [0.3, 0.4) is 0 Å². The van der Waals surface area contributed by atoms with Gasteiger partial charge in [-0.05, 0) is 24.6 Å². The van der Waals surface area contributed by atoms with Crippen LogP contribution in [-0.2, 0) is 0 Å². The van der Waals surface area contributed by atoms with Crippen molar-refractivity contribution in [3.05, 3.63) is 29.3 Å². The zero-order valence-corrected chi connectivity index (χ0v) is 11.3. The molecule has 1 rings (SSSR count). The lowest BCUT2D eigenvalue weighted by molar-refractivity contribution is 0.0910. The molecule has 4 heteroatoms. The van der Waals surface area contributed by atoms with E-state index in [-0.39, 0.29) is 17.9 Å². The molecule has 3 nitrogen and oxygen atoms in total. The summed E-state index contributed by atoms with van der Waals surface area (Å²) < 4.78 is 0. The number of benzene rings is 1. The lowest BCUT2D eigenvalue weighted by atomic mass is 9.95. The summed E-state index contributed by atoms with van der Waals surface area (Å²) in [7, 11) is 0. The maximum Gasteiger partial charge on any atom is 0.251 e. The van der Waals surface area contributed by atoms with Crippen LogP contribution in [0.2, 0.25) is 0 Å². The van der Waals surface area contributed by atoms with Gasteiger partial charge < -0.3 is 10.4 Å². The van der Waals surface area contributed by atoms with Crippen LogP contribution in [0.1, 0.15) is 29.8 Å². The van der Waals surface area contributed by atoms with E-state index in [0.29, 0.717) is 12.1 Å². The van der Waals surface area contributed by atoms with Crippen molar-refractivity contribution in [2.24, 2.45) is 5.41 Å². The van der Waals surface area contributed by atoms with E-state index in [2.05, 4.69) is 17.9 Å². The molecule has 0 aromatic heterocycles. The Balaban J connectivity index is 2.74. The Morgan fingerprint density at radius 3 is 2.71 bits per heavy atom. The fourth-order valence-corrected chi connectivity index (χ4v) is 1.53. The highest BCUT2D eigenvalue weighted by atomic mass is 32.1. The fourth-order valence-electron chi connectivity index (χ4n) is 1.33. The van der Waals surface area contributed by atoms with E-state index in [1.54, 1.807) is 6.07 Å². The van der Waals surface area contributed by atoms with Gasteiger partial charge in [0.05, 0.1) is 0 Å². The van der Waals surface area contributed by atoms with Crippen molar-refractivity contribution in [2.45, 2.75) is 25.7 Å². The van der Waals surface area contributed by atoms with Crippen LogP contribution in [0.15, 0.2) is 23.1 Å². The predicted octanol–water partition coefficient (Wildman–Crippen LogP) is 2.03. The van der Waals surface area contributed by atoms with Crippen LogP contribution in [0.5, 0.6) is 0 Å². The summed E-state index contributed by atoms with van der Waals surface area (Å²) in [5.41, 5.74) is 1.25. The highest BCUT2D eigenvalue weighted by Crippen LogP contribution is 2.15. The highest BCUT2D eigenvalue weighted by molar-refractivity contribution is 7.80. The molecule has 1 amide bonds. The molecule has 0 aliphatic heterocycles. The number of carbonyl (C=O) groups excluding carboxylic acids is 1. The Kier molecular flexibility index (Phi) is 4.60. The van der Waals surface area contributed by atoms with Gasteiger partial charge in [-0.3, -0.25) is 4.79 Å². The number of hydrogen-bond donors (Lipinski definition) is 3. The van der Waals surface area contributed by atoms with Gasteiger partial charge in [-0.2, -0.15) is 0 Å². The summed E-state index contributed by atoms with van der Waals surface area (Å²) in [6, 6.07) is 5.47. The number of thiol groups is 1. The average Bonchev–Trinajstić information content (AvgIpc) is 2.29. The van der Waals surface area contributed by atoms with Crippen LogP contribution in [0, 0.1) is 12.3 Å². The number of aliphatic hydroxyl groups is 1. The van der Waals surface area contributed by atoms with Crippen LogP contribution in [0.4, 0.5) is 0 Å². The molecule has 17 heavy (non-hydrogen) atoms. The van der Waals surface area contributed by atoms with Crippen molar-refractivity contribution in [1.82, 2.24) is 5.32 Å². The Hall–Kier alpha value is -1.00. The molecule has 2 N–H and O–H groups in total. The van der Waals surface area contributed by atoms with Crippen LogP contribution >= 0.6 is 12.6 Å². The monoisotopic (exact) mass is 253 g/mol. The average molecular weight is 253 g/mol. The van der Waals surface area contributed by atoms with Crippen molar-refractivity contribution in [3.8, 4) is 0 Å². The lowest BCUT2D eigenvalue weighted by Gasteiger charge is -2.22. The van der Waals surface area contributed by atoms with Crippen LogP contribution < -0.4 is 5.32 Å². The summed E-state index contributed by atoms with van der Waals surface area (Å²) in [6.45, 7) is 6.17. The second-order valence-corrected chi connectivity index (χ2v) is 5.52. The van der Waals surface area contributed by atoms with Crippen molar-refractivity contribution in [3.63, 3.8) is 0 Å². The molecule has 0 aliphatic carbocycles. The third kappa shape index (κ3) is 4.06. The molecule has 0 bridgehead atoms. The quantitative estimate of drug-likeness (QED) is 0.719. The van der Waals surface area contributed by atoms with E-state index in [1.807, 2.05) is 32.9 Å². The third-order valence-electron chi connectivity index (χ3n) is 2.62. The second-order valence-electron chi connectivity index (χ2n) is 5.00. The molecule has 0 unspecified atom stereocenters. The zero-order valence-electron chi connectivity index (χ0n) is 10.4. The maximum atomic E-state index is 12.0. The molecule has 0 heterocycles. The Bertz CT molecular complexity index is 416.